The standard InChI is InChI=1S/C31H36FN5O3.C30H41BN4O4.C7H7BrFNO/c1-7-35(5)11-9-21-13-24(26-18-36(6)31(39)29(32)19(26)3)23-10-12-37(30(38)25(23)14-21)20(4)27-15-28(40-8-2)22(16-33)17-34-27;1-9-34(8)13-11-21-15-24-23(25(16-21)31-38-29(4,5)30(6,7)39-31)12-14-35(28(24)36)20(3)26-17-27(37-10-2)22(18-32)19-33-26;1-4-5(8)3-10(2)7(11)6(4)9/h13-15,17-18,20H,7-12H2,1-6H3;15-17,19-20H,9-14H2,1-8H3;3H,1-2H3. The lowest BCUT2D eigenvalue weighted by Crippen LogP contribution is -2.45. The maximum atomic E-state index is 14.9. The van der Waals surface area contributed by atoms with Crippen molar-refractivity contribution in [1.82, 2.24) is 38.7 Å². The van der Waals surface area contributed by atoms with Crippen molar-refractivity contribution >= 4 is 40.3 Å². The van der Waals surface area contributed by atoms with Crippen molar-refractivity contribution in [3.63, 3.8) is 0 Å². The Balaban J connectivity index is 0.000000219. The number of nitriles is 2. The quantitative estimate of drug-likeness (QED) is 0.0736. The fourth-order valence-corrected chi connectivity index (χ4v) is 11.5. The fraction of sp³-hybridized carbons (Fsp3) is 0.471. The van der Waals surface area contributed by atoms with E-state index in [0.29, 0.717) is 99.9 Å². The minimum atomic E-state index is -0.778. The Morgan fingerprint density at radius 1 is 0.656 bits per heavy atom. The zero-order valence-corrected chi connectivity index (χ0v) is 56.4. The van der Waals surface area contributed by atoms with Crippen LogP contribution in [0.25, 0.3) is 11.1 Å². The van der Waals surface area contributed by atoms with Crippen LogP contribution in [0.3, 0.4) is 0 Å². The Kier molecular flexibility index (Phi) is 23.0. The monoisotopic (exact) mass is 1300 g/mol. The number of likely N-dealkylation sites (N-methyl/N-ethyl adjacent to an activating group) is 2. The van der Waals surface area contributed by atoms with Gasteiger partial charge in [-0.15, -0.1) is 0 Å². The summed E-state index contributed by atoms with van der Waals surface area (Å²) in [4.78, 5) is 68.3. The molecule has 478 valence electrons. The number of amides is 2. The topological polar surface area (TPSA) is 201 Å². The number of carbonyl (C=O) groups excluding carboxylic acids is 2. The summed E-state index contributed by atoms with van der Waals surface area (Å²) in [5.41, 5.74) is 8.05. The molecule has 1 saturated heterocycles. The van der Waals surface area contributed by atoms with Crippen LogP contribution >= 0.6 is 15.9 Å². The zero-order valence-electron chi connectivity index (χ0n) is 54.9. The summed E-state index contributed by atoms with van der Waals surface area (Å²) in [6, 6.07) is 15.3. The predicted octanol–water partition coefficient (Wildman–Crippen LogP) is 9.92. The van der Waals surface area contributed by atoms with Crippen molar-refractivity contribution in [2.45, 2.75) is 132 Å². The molecule has 18 nitrogen and oxygen atoms in total. The molecule has 0 N–H and O–H groups in total. The van der Waals surface area contributed by atoms with Gasteiger partial charge in [0, 0.05) is 104 Å². The summed E-state index contributed by atoms with van der Waals surface area (Å²) in [6.45, 7) is 28.6. The van der Waals surface area contributed by atoms with E-state index in [1.807, 2.05) is 57.8 Å². The molecule has 90 heavy (non-hydrogen) atoms. The van der Waals surface area contributed by atoms with E-state index in [0.717, 1.165) is 72.3 Å². The van der Waals surface area contributed by atoms with E-state index >= 15 is 0 Å². The van der Waals surface area contributed by atoms with E-state index in [2.05, 4.69) is 102 Å². The largest absolute Gasteiger partial charge is 0.495 e. The molecule has 0 aliphatic carbocycles. The number of aromatic nitrogens is 4. The fourth-order valence-electron chi connectivity index (χ4n) is 11.0. The number of hydrogen-bond acceptors (Lipinski definition) is 14. The molecular weight excluding hydrogens is 1210 g/mol. The lowest BCUT2D eigenvalue weighted by molar-refractivity contribution is 0.00578. The van der Waals surface area contributed by atoms with E-state index in [1.165, 1.54) is 35.6 Å². The van der Waals surface area contributed by atoms with Gasteiger partial charge in [-0.2, -0.15) is 10.5 Å². The Morgan fingerprint density at radius 3 is 1.53 bits per heavy atom. The Labute approximate surface area is 536 Å². The molecule has 2 amide bonds. The normalized spacial score (nSPS) is 15.5. The second-order valence-corrected chi connectivity index (χ2v) is 25.0. The number of nitrogens with zero attached hydrogens (tertiary/aromatic N) is 10. The predicted molar refractivity (Wildman–Crippen MR) is 348 cm³/mol. The van der Waals surface area contributed by atoms with Crippen molar-refractivity contribution < 1.29 is 37.2 Å². The van der Waals surface area contributed by atoms with Crippen LogP contribution in [0.4, 0.5) is 8.78 Å². The van der Waals surface area contributed by atoms with Gasteiger partial charge in [0.25, 0.3) is 22.9 Å². The molecule has 2 unspecified atom stereocenters. The van der Waals surface area contributed by atoms with Gasteiger partial charge in [0.15, 0.2) is 11.6 Å². The molecule has 4 aromatic heterocycles. The molecule has 0 radical (unpaired) electrons. The van der Waals surface area contributed by atoms with Crippen molar-refractivity contribution in [2.75, 3.05) is 66.6 Å². The number of halogens is 3. The maximum absolute atomic E-state index is 14.9. The zero-order chi connectivity index (χ0) is 66.3. The van der Waals surface area contributed by atoms with E-state index < -0.39 is 41.1 Å². The van der Waals surface area contributed by atoms with E-state index in [-0.39, 0.29) is 29.5 Å². The van der Waals surface area contributed by atoms with Crippen LogP contribution < -0.4 is 26.1 Å². The lowest BCUT2D eigenvalue weighted by Gasteiger charge is -2.35. The van der Waals surface area contributed by atoms with E-state index in [4.69, 9.17) is 18.8 Å². The van der Waals surface area contributed by atoms with Gasteiger partial charge >= 0.3 is 7.12 Å². The molecule has 0 bridgehead atoms. The Morgan fingerprint density at radius 2 is 1.08 bits per heavy atom. The average molecular weight is 1300 g/mol. The third-order valence-corrected chi connectivity index (χ3v) is 18.6. The summed E-state index contributed by atoms with van der Waals surface area (Å²) in [7, 11) is 6.66. The molecule has 6 aromatic rings. The van der Waals surface area contributed by atoms with Crippen molar-refractivity contribution in [1.29, 1.82) is 10.5 Å². The number of ether oxygens (including phenoxy) is 2. The lowest BCUT2D eigenvalue weighted by atomic mass is 9.72. The molecule has 3 aliphatic rings. The van der Waals surface area contributed by atoms with Crippen LogP contribution in [0.5, 0.6) is 11.5 Å². The molecule has 7 heterocycles. The summed E-state index contributed by atoms with van der Waals surface area (Å²) < 4.78 is 55.0. The SMILES string of the molecule is CCOc1cc(C(C)N2CCc3c(B4OC(C)(C)C(C)(C)O4)cc(CCN(C)CC)cc3C2=O)ncc1C#N.CCOc1cc(C(C)N2CCc3c(cc(CCN(C)CC)cc3-c3cn(C)c(=O)c(F)c3C)C2=O)ncc1C#N.Cc1c(Br)cn(C)c(=O)c1F. The Hall–Kier alpha value is -7.60. The number of pyridine rings is 4. The number of aryl methyl sites for hydroxylation is 2. The Bertz CT molecular complexity index is 3860. The van der Waals surface area contributed by atoms with Crippen LogP contribution in [-0.2, 0) is 49.1 Å². The number of hydrogen-bond donors (Lipinski definition) is 0. The summed E-state index contributed by atoms with van der Waals surface area (Å²) in [5.74, 6) is -0.694. The van der Waals surface area contributed by atoms with Gasteiger partial charge in [-0.3, -0.25) is 29.1 Å². The number of carbonyl (C=O) groups is 2. The van der Waals surface area contributed by atoms with Crippen molar-refractivity contribution in [2.24, 2.45) is 14.1 Å². The third kappa shape index (κ3) is 15.1. The second-order valence-electron chi connectivity index (χ2n) is 24.1. The van der Waals surface area contributed by atoms with Crippen LogP contribution in [0.2, 0.25) is 0 Å². The van der Waals surface area contributed by atoms with E-state index in [9.17, 15) is 38.5 Å². The van der Waals surface area contributed by atoms with Gasteiger partial charge in [-0.1, -0.05) is 26.0 Å². The van der Waals surface area contributed by atoms with Crippen LogP contribution in [-0.4, -0.2) is 135 Å². The van der Waals surface area contributed by atoms with Crippen molar-refractivity contribution in [3.05, 3.63) is 165 Å². The summed E-state index contributed by atoms with van der Waals surface area (Å²) >= 11 is 3.13. The molecule has 0 spiro atoms. The van der Waals surface area contributed by atoms with Crippen molar-refractivity contribution in [3.8, 4) is 34.8 Å². The van der Waals surface area contributed by atoms with E-state index in [1.54, 1.807) is 43.3 Å². The van der Waals surface area contributed by atoms with Gasteiger partial charge in [0.05, 0.1) is 47.9 Å². The van der Waals surface area contributed by atoms with Crippen LogP contribution in [0.15, 0.2) is 75.2 Å². The first-order chi connectivity index (χ1) is 42.6. The molecule has 1 fully saturated rings. The number of rotatable bonds is 18. The molecule has 3 aliphatic heterocycles. The summed E-state index contributed by atoms with van der Waals surface area (Å²) in [5, 5.41) is 18.8. The number of benzene rings is 2. The highest BCUT2D eigenvalue weighted by atomic mass is 79.9. The first-order valence-corrected chi connectivity index (χ1v) is 31.4. The molecule has 0 saturated carbocycles. The average Bonchev–Trinajstić information content (AvgIpc) is 1.28. The third-order valence-electron chi connectivity index (χ3n) is 17.8. The second kappa shape index (κ2) is 29.6. The van der Waals surface area contributed by atoms with Crippen LogP contribution in [0, 0.1) is 48.1 Å². The highest BCUT2D eigenvalue weighted by molar-refractivity contribution is 9.10. The number of fused-ring (bicyclic) bond motifs is 2. The minimum absolute atomic E-state index is 0.0312. The first-order valence-electron chi connectivity index (χ1n) is 30.7. The van der Waals surface area contributed by atoms with Crippen LogP contribution in [0.1, 0.15) is 158 Å². The van der Waals surface area contributed by atoms with Gasteiger partial charge < -0.3 is 47.5 Å². The highest BCUT2D eigenvalue weighted by Crippen LogP contribution is 2.40. The highest BCUT2D eigenvalue weighted by Gasteiger charge is 2.53. The molecule has 9 rings (SSSR count). The first kappa shape index (κ1) is 69.9. The molecule has 22 heteroatoms. The maximum Gasteiger partial charge on any atom is 0.495 e. The molecular formula is C68H84BBrF2N10O8. The van der Waals surface area contributed by atoms with Gasteiger partial charge in [0.1, 0.15) is 34.8 Å². The van der Waals surface area contributed by atoms with Gasteiger partial charge in [-0.25, -0.2) is 8.78 Å². The summed E-state index contributed by atoms with van der Waals surface area (Å²) in [6.07, 6.45) is 9.00. The molecule has 2 aromatic carbocycles. The smallest absolute Gasteiger partial charge is 0.492 e. The van der Waals surface area contributed by atoms with Gasteiger partial charge in [-0.05, 0) is 189 Å². The van der Waals surface area contributed by atoms with Gasteiger partial charge in [0.2, 0.25) is 0 Å². The minimum Gasteiger partial charge on any atom is -0.492 e. The molecule has 2 atom stereocenters.